The van der Waals surface area contributed by atoms with Crippen molar-refractivity contribution in [1.29, 1.82) is 0 Å². The molecule has 0 aliphatic carbocycles. The van der Waals surface area contributed by atoms with E-state index in [1.54, 1.807) is 0 Å². The quantitative estimate of drug-likeness (QED) is 0.183. The molecule has 0 unspecified atom stereocenters. The summed E-state index contributed by atoms with van der Waals surface area (Å²) < 4.78 is 48.0. The van der Waals surface area contributed by atoms with Crippen molar-refractivity contribution in [3.63, 3.8) is 0 Å². The molecule has 0 fully saturated rings. The average Bonchev–Trinajstić information content (AvgIpc) is 3.60. The highest BCUT2D eigenvalue weighted by Gasteiger charge is 2.15. The minimum Gasteiger partial charge on any atom is -0.456 e. The molecule has 0 N–H and O–H groups in total. The number of hydrogen-bond donors (Lipinski definition) is 0. The monoisotopic (exact) mass is 632 g/mol. The fourth-order valence-electron chi connectivity index (χ4n) is 6.13. The number of fused-ring (bicyclic) bond motifs is 3. The molecule has 230 valence electrons. The Kier molecular flexibility index (Phi) is 5.87. The topological polar surface area (TPSA) is 51.8 Å². The van der Waals surface area contributed by atoms with Crippen LogP contribution in [0, 0.1) is 0 Å². The molecule has 0 bridgehead atoms. The molecule has 2 aromatic heterocycles. The lowest BCUT2D eigenvalue weighted by molar-refractivity contribution is 0.669. The molecule has 0 aliphatic heterocycles. The fourth-order valence-corrected chi connectivity index (χ4v) is 6.13. The van der Waals surface area contributed by atoms with Gasteiger partial charge in [-0.15, -0.1) is 0 Å². The predicted molar refractivity (Wildman–Crippen MR) is 200 cm³/mol. The van der Waals surface area contributed by atoms with Gasteiger partial charge in [0, 0.05) is 27.5 Å². The Balaban J connectivity index is 1.10. The third-order valence-corrected chi connectivity index (χ3v) is 8.66. The molecule has 2 heterocycles. The Morgan fingerprint density at radius 2 is 0.735 bits per heavy atom. The van der Waals surface area contributed by atoms with Gasteiger partial charge in [-0.3, -0.25) is 0 Å². The van der Waals surface area contributed by atoms with Gasteiger partial charge >= 0.3 is 0 Å². The molecule has 0 saturated heterocycles. The van der Waals surface area contributed by atoms with Crippen LogP contribution in [0.4, 0.5) is 0 Å². The van der Waals surface area contributed by atoms with Crippen LogP contribution in [0.25, 0.3) is 89.5 Å². The first kappa shape index (κ1) is 23.6. The normalized spacial score (nSPS) is 12.7. The third-order valence-electron chi connectivity index (χ3n) is 8.66. The molecule has 0 amide bonds. The predicted octanol–water partition coefficient (Wildman–Crippen LogP) is 11.8. The smallest absolute Gasteiger partial charge is 0.164 e. The second-order valence-corrected chi connectivity index (χ2v) is 11.7. The SMILES string of the molecule is [2H]c1c([2H])c([2H])c(-c2nc(-c3ccccc3)nc(-c3ccc4oc5ccc(-c6ccc(-c7ccc(-c8ccccc8)cc7)cc6)cc5c4c3)n2)c([2H])c1[2H]. The largest absolute Gasteiger partial charge is 0.456 e. The zero-order valence-corrected chi connectivity index (χ0v) is 26.1. The van der Waals surface area contributed by atoms with Crippen LogP contribution >= 0.6 is 0 Å². The lowest BCUT2D eigenvalue weighted by Crippen LogP contribution is -2.00. The van der Waals surface area contributed by atoms with E-state index in [0.29, 0.717) is 28.4 Å². The average molecular weight is 633 g/mol. The number of rotatable bonds is 6. The van der Waals surface area contributed by atoms with E-state index in [1.165, 1.54) is 11.1 Å². The van der Waals surface area contributed by atoms with Crippen LogP contribution in [0.15, 0.2) is 180 Å². The van der Waals surface area contributed by atoms with Crippen LogP contribution in [-0.2, 0) is 0 Å². The molecule has 0 saturated carbocycles. The van der Waals surface area contributed by atoms with Crippen molar-refractivity contribution in [3.8, 4) is 67.5 Å². The van der Waals surface area contributed by atoms with Crippen molar-refractivity contribution >= 4 is 21.9 Å². The lowest BCUT2D eigenvalue weighted by atomic mass is 9.97. The van der Waals surface area contributed by atoms with Crippen LogP contribution in [0.2, 0.25) is 0 Å². The zero-order valence-electron chi connectivity index (χ0n) is 31.1. The van der Waals surface area contributed by atoms with Gasteiger partial charge in [0.05, 0.1) is 6.85 Å². The molecular weight excluding hydrogens is 599 g/mol. The third kappa shape index (κ3) is 5.56. The molecule has 0 radical (unpaired) electrons. The Hall–Kier alpha value is -6.65. The summed E-state index contributed by atoms with van der Waals surface area (Å²) in [5.41, 5.74) is 9.47. The number of nitrogens with zero attached hydrogens (tertiary/aromatic N) is 3. The minimum absolute atomic E-state index is 0.00845. The highest BCUT2D eigenvalue weighted by atomic mass is 16.3. The molecule has 0 aliphatic rings. The summed E-state index contributed by atoms with van der Waals surface area (Å²) >= 11 is 0. The van der Waals surface area contributed by atoms with Crippen LogP contribution in [0.1, 0.15) is 6.85 Å². The van der Waals surface area contributed by atoms with Crippen molar-refractivity contribution in [2.45, 2.75) is 0 Å². The lowest BCUT2D eigenvalue weighted by Gasteiger charge is -2.08. The van der Waals surface area contributed by atoms with Crippen LogP contribution in [0.5, 0.6) is 0 Å². The Bertz CT molecular complexity index is 2830. The maximum absolute atomic E-state index is 8.60. The van der Waals surface area contributed by atoms with Gasteiger partial charge in [-0.25, -0.2) is 15.0 Å². The summed E-state index contributed by atoms with van der Waals surface area (Å²) in [5, 5.41) is 1.79. The molecular formula is C45H29N3O. The van der Waals surface area contributed by atoms with E-state index in [1.807, 2.05) is 72.8 Å². The summed E-state index contributed by atoms with van der Waals surface area (Å²) in [4.78, 5) is 14.1. The maximum Gasteiger partial charge on any atom is 0.164 e. The van der Waals surface area contributed by atoms with E-state index in [-0.39, 0.29) is 23.5 Å². The van der Waals surface area contributed by atoms with Crippen molar-refractivity contribution in [3.05, 3.63) is 176 Å². The zero-order chi connectivity index (χ0) is 36.9. The Labute approximate surface area is 291 Å². The van der Waals surface area contributed by atoms with E-state index in [4.69, 9.17) is 21.2 Å². The van der Waals surface area contributed by atoms with Gasteiger partial charge in [-0.2, -0.15) is 0 Å². The van der Waals surface area contributed by atoms with Crippen molar-refractivity contribution in [1.82, 2.24) is 15.0 Å². The second-order valence-electron chi connectivity index (χ2n) is 11.7. The number of furan rings is 1. The first-order chi connectivity index (χ1) is 26.3. The summed E-state index contributed by atoms with van der Waals surface area (Å²) in [6.07, 6.45) is 0. The molecule has 9 rings (SSSR count). The summed E-state index contributed by atoms with van der Waals surface area (Å²) in [6, 6.07) is 46.5. The van der Waals surface area contributed by atoms with Gasteiger partial charge < -0.3 is 4.42 Å². The highest BCUT2D eigenvalue weighted by Crippen LogP contribution is 2.36. The summed E-state index contributed by atoms with van der Waals surface area (Å²) in [6.45, 7) is 0. The van der Waals surface area contributed by atoms with E-state index in [0.717, 1.165) is 38.6 Å². The van der Waals surface area contributed by atoms with Crippen LogP contribution in [0.3, 0.4) is 0 Å². The number of benzene rings is 7. The van der Waals surface area contributed by atoms with E-state index < -0.39 is 18.1 Å². The number of aromatic nitrogens is 3. The summed E-state index contributed by atoms with van der Waals surface area (Å²) in [5.74, 6) is 0.605. The molecule has 7 aromatic carbocycles. The van der Waals surface area contributed by atoms with Gasteiger partial charge in [0.15, 0.2) is 17.5 Å². The molecule has 0 atom stereocenters. The second kappa shape index (κ2) is 12.2. The maximum atomic E-state index is 8.60. The van der Waals surface area contributed by atoms with Gasteiger partial charge in [0.2, 0.25) is 0 Å². The van der Waals surface area contributed by atoms with E-state index in [2.05, 4.69) is 77.8 Å². The fraction of sp³-hybridized carbons (Fsp3) is 0. The molecule has 4 nitrogen and oxygen atoms in total. The summed E-state index contributed by atoms with van der Waals surface area (Å²) in [7, 11) is 0. The number of hydrogen-bond acceptors (Lipinski definition) is 4. The Morgan fingerprint density at radius 1 is 0.347 bits per heavy atom. The van der Waals surface area contributed by atoms with Crippen LogP contribution in [-0.4, -0.2) is 15.0 Å². The molecule has 9 aromatic rings. The highest BCUT2D eigenvalue weighted by molar-refractivity contribution is 6.07. The van der Waals surface area contributed by atoms with E-state index >= 15 is 0 Å². The Morgan fingerprint density at radius 3 is 1.29 bits per heavy atom. The van der Waals surface area contributed by atoms with Crippen molar-refractivity contribution in [2.75, 3.05) is 0 Å². The minimum atomic E-state index is -0.479. The van der Waals surface area contributed by atoms with Crippen LogP contribution < -0.4 is 0 Å². The standard InChI is InChI=1S/C45H29N3O/c1-4-10-30(11-5-1)31-16-18-32(19-17-31)33-20-22-34(23-21-33)37-24-26-41-39(28-37)40-29-38(25-27-42(40)49-41)45-47-43(35-12-6-2-7-13-35)46-44(48-45)36-14-8-3-9-15-36/h1-29H/i2D,6D,7D,12D,13D. The first-order valence-corrected chi connectivity index (χ1v) is 15.9. The molecule has 4 heteroatoms. The van der Waals surface area contributed by atoms with Gasteiger partial charge in [0.25, 0.3) is 0 Å². The van der Waals surface area contributed by atoms with E-state index in [9.17, 15) is 0 Å². The van der Waals surface area contributed by atoms with Crippen molar-refractivity contribution < 1.29 is 11.3 Å². The van der Waals surface area contributed by atoms with Gasteiger partial charge in [-0.1, -0.05) is 145 Å². The first-order valence-electron chi connectivity index (χ1n) is 18.4. The molecule has 0 spiro atoms. The molecule has 49 heavy (non-hydrogen) atoms. The van der Waals surface area contributed by atoms with Gasteiger partial charge in [-0.05, 0) is 63.7 Å². The van der Waals surface area contributed by atoms with Gasteiger partial charge in [0.1, 0.15) is 11.2 Å². The van der Waals surface area contributed by atoms with Crippen molar-refractivity contribution in [2.24, 2.45) is 0 Å².